The summed E-state index contributed by atoms with van der Waals surface area (Å²) in [6, 6.07) is 7.06. The maximum absolute atomic E-state index is 9.11. The molecule has 5 nitrogen and oxygen atoms in total. The van der Waals surface area contributed by atoms with E-state index in [2.05, 4.69) is 15.3 Å². The second kappa shape index (κ2) is 4.10. The van der Waals surface area contributed by atoms with Crippen molar-refractivity contribution in [3.8, 4) is 6.01 Å². The second-order valence-electron chi connectivity index (χ2n) is 3.46. The summed E-state index contributed by atoms with van der Waals surface area (Å²) >= 11 is 0. The van der Waals surface area contributed by atoms with E-state index in [0.29, 0.717) is 11.5 Å². The van der Waals surface area contributed by atoms with Gasteiger partial charge in [-0.2, -0.15) is 4.98 Å². The number of nitrogen functional groups attached to an aromatic ring is 1. The van der Waals surface area contributed by atoms with Crippen molar-refractivity contribution in [2.24, 2.45) is 0 Å². The van der Waals surface area contributed by atoms with Gasteiger partial charge in [0.05, 0.1) is 11.4 Å². The minimum absolute atomic E-state index is 0.268. The van der Waals surface area contributed by atoms with Crippen LogP contribution in [0.3, 0.4) is 0 Å². The van der Waals surface area contributed by atoms with E-state index in [-0.39, 0.29) is 6.01 Å². The molecule has 0 aliphatic heterocycles. The Hall–Kier alpha value is -2.24. The summed E-state index contributed by atoms with van der Waals surface area (Å²) in [5.74, 6) is 0.503. The number of nitrogens with two attached hydrogens (primary N) is 1. The summed E-state index contributed by atoms with van der Waals surface area (Å²) in [4.78, 5) is 7.40. The van der Waals surface area contributed by atoms with E-state index in [4.69, 9.17) is 10.8 Å². The van der Waals surface area contributed by atoms with Gasteiger partial charge in [-0.3, -0.25) is 0 Å². The van der Waals surface area contributed by atoms with Gasteiger partial charge in [0, 0.05) is 6.20 Å². The first-order chi connectivity index (χ1) is 7.65. The van der Waals surface area contributed by atoms with Crippen LogP contribution in [0.5, 0.6) is 6.01 Å². The molecule has 6 heteroatoms. The first-order valence-electron chi connectivity index (χ1n) is 4.80. The highest BCUT2D eigenvalue weighted by Gasteiger charge is 2.01. The Morgan fingerprint density at radius 3 is 2.81 bits per heavy atom. The minimum Gasteiger partial charge on any atom is -0.479 e. The molecular formula is C10H11BN4O. The summed E-state index contributed by atoms with van der Waals surface area (Å²) < 4.78 is 0. The van der Waals surface area contributed by atoms with Crippen LogP contribution in [0.4, 0.5) is 17.2 Å². The number of aromatic hydroxyl groups is 1. The molecule has 2 rings (SSSR count). The summed E-state index contributed by atoms with van der Waals surface area (Å²) in [5.41, 5.74) is 8.32. The van der Waals surface area contributed by atoms with Crippen LogP contribution in [-0.2, 0) is 0 Å². The third-order valence-corrected chi connectivity index (χ3v) is 2.11. The second-order valence-corrected chi connectivity index (χ2v) is 3.46. The van der Waals surface area contributed by atoms with Crippen LogP contribution in [0.1, 0.15) is 0 Å². The smallest absolute Gasteiger partial charge is 0.315 e. The van der Waals surface area contributed by atoms with Crippen molar-refractivity contribution in [3.63, 3.8) is 0 Å². The highest BCUT2D eigenvalue weighted by Crippen LogP contribution is 2.20. The average Bonchev–Trinajstić information content (AvgIpc) is 2.22. The number of anilines is 3. The summed E-state index contributed by atoms with van der Waals surface area (Å²) in [5, 5.41) is 12.1. The molecule has 0 aliphatic carbocycles. The van der Waals surface area contributed by atoms with E-state index in [1.165, 1.54) is 6.20 Å². The van der Waals surface area contributed by atoms with Gasteiger partial charge in [-0.25, -0.2) is 4.98 Å². The van der Waals surface area contributed by atoms with E-state index < -0.39 is 0 Å². The van der Waals surface area contributed by atoms with Crippen LogP contribution in [0.15, 0.2) is 30.5 Å². The van der Waals surface area contributed by atoms with Gasteiger partial charge < -0.3 is 16.2 Å². The topological polar surface area (TPSA) is 84.1 Å². The van der Waals surface area contributed by atoms with Crippen LogP contribution >= 0.6 is 0 Å². The maximum atomic E-state index is 9.11. The number of benzene rings is 1. The molecule has 0 saturated carbocycles. The SMILES string of the molecule is Bc1ccc(Nc2ccnc(O)n2)c(N)c1. The Bertz CT molecular complexity index is 518. The van der Waals surface area contributed by atoms with Crippen molar-refractivity contribution in [1.82, 2.24) is 9.97 Å². The molecule has 0 amide bonds. The largest absolute Gasteiger partial charge is 0.479 e. The van der Waals surface area contributed by atoms with Gasteiger partial charge in [0.1, 0.15) is 13.7 Å². The van der Waals surface area contributed by atoms with Gasteiger partial charge in [0.25, 0.3) is 0 Å². The summed E-state index contributed by atoms with van der Waals surface area (Å²) in [6.07, 6.45) is 1.47. The highest BCUT2D eigenvalue weighted by molar-refractivity contribution is 6.32. The normalized spacial score (nSPS) is 10.0. The molecule has 0 atom stereocenters. The molecule has 0 bridgehead atoms. The lowest BCUT2D eigenvalue weighted by atomic mass is 9.95. The van der Waals surface area contributed by atoms with Crippen LogP contribution in [0, 0.1) is 0 Å². The van der Waals surface area contributed by atoms with Gasteiger partial charge in [-0.15, -0.1) is 0 Å². The highest BCUT2D eigenvalue weighted by atomic mass is 16.3. The zero-order valence-electron chi connectivity index (χ0n) is 8.81. The Kier molecular flexibility index (Phi) is 2.63. The van der Waals surface area contributed by atoms with E-state index in [1.807, 2.05) is 26.0 Å². The maximum Gasteiger partial charge on any atom is 0.315 e. The van der Waals surface area contributed by atoms with Crippen LogP contribution in [-0.4, -0.2) is 22.9 Å². The van der Waals surface area contributed by atoms with Crippen LogP contribution in [0.25, 0.3) is 0 Å². The first kappa shape index (κ1) is 10.3. The Morgan fingerprint density at radius 2 is 2.12 bits per heavy atom. The fraction of sp³-hybridized carbons (Fsp3) is 0. The molecule has 0 radical (unpaired) electrons. The predicted octanol–water partition coefficient (Wildman–Crippen LogP) is -0.234. The van der Waals surface area contributed by atoms with Crippen molar-refractivity contribution in [3.05, 3.63) is 30.5 Å². The summed E-state index contributed by atoms with van der Waals surface area (Å²) in [7, 11) is 1.97. The van der Waals surface area contributed by atoms with Crippen molar-refractivity contribution >= 4 is 30.5 Å². The lowest BCUT2D eigenvalue weighted by Crippen LogP contribution is -2.06. The van der Waals surface area contributed by atoms with Crippen molar-refractivity contribution in [2.75, 3.05) is 11.1 Å². The predicted molar refractivity (Wildman–Crippen MR) is 66.0 cm³/mol. The Labute approximate surface area is 93.8 Å². The van der Waals surface area contributed by atoms with Crippen LogP contribution in [0.2, 0.25) is 0 Å². The average molecular weight is 214 g/mol. The molecule has 2 aromatic rings. The van der Waals surface area contributed by atoms with Crippen molar-refractivity contribution in [1.29, 1.82) is 0 Å². The zero-order chi connectivity index (χ0) is 11.5. The molecule has 0 saturated heterocycles. The van der Waals surface area contributed by atoms with Gasteiger partial charge in [-0.05, 0) is 18.2 Å². The van der Waals surface area contributed by atoms with Crippen molar-refractivity contribution < 1.29 is 5.11 Å². The van der Waals surface area contributed by atoms with Gasteiger partial charge in [-0.1, -0.05) is 11.5 Å². The lowest BCUT2D eigenvalue weighted by Gasteiger charge is -2.08. The third kappa shape index (κ3) is 2.22. The van der Waals surface area contributed by atoms with E-state index in [0.717, 1.165) is 11.2 Å². The number of nitrogens with zero attached hydrogens (tertiary/aromatic N) is 2. The fourth-order valence-electron chi connectivity index (χ4n) is 1.35. The van der Waals surface area contributed by atoms with E-state index in [1.54, 1.807) is 6.07 Å². The number of hydrogen-bond acceptors (Lipinski definition) is 5. The zero-order valence-corrected chi connectivity index (χ0v) is 8.81. The fourth-order valence-corrected chi connectivity index (χ4v) is 1.35. The third-order valence-electron chi connectivity index (χ3n) is 2.11. The molecule has 4 N–H and O–H groups in total. The molecule has 0 unspecified atom stereocenters. The number of hydrogen-bond donors (Lipinski definition) is 3. The quantitative estimate of drug-likeness (QED) is 0.474. The molecule has 0 aliphatic rings. The Balaban J connectivity index is 2.27. The number of rotatable bonds is 2. The molecule has 1 aromatic heterocycles. The first-order valence-corrected chi connectivity index (χ1v) is 4.80. The van der Waals surface area contributed by atoms with Crippen molar-refractivity contribution in [2.45, 2.75) is 0 Å². The molecule has 16 heavy (non-hydrogen) atoms. The lowest BCUT2D eigenvalue weighted by molar-refractivity contribution is 0.431. The number of nitrogens with one attached hydrogen (secondary N) is 1. The van der Waals surface area contributed by atoms with Gasteiger partial charge in [0.15, 0.2) is 0 Å². The molecule has 80 valence electrons. The van der Waals surface area contributed by atoms with E-state index >= 15 is 0 Å². The standard InChI is InChI=1S/C10H11BN4O/c11-6-1-2-8(7(12)5-6)14-9-3-4-13-10(16)15-9/h1-5H,11-12H2,(H2,13,14,15,16). The molecule has 1 heterocycles. The van der Waals surface area contributed by atoms with Gasteiger partial charge >= 0.3 is 6.01 Å². The van der Waals surface area contributed by atoms with Crippen LogP contribution < -0.4 is 16.5 Å². The van der Waals surface area contributed by atoms with E-state index in [9.17, 15) is 0 Å². The molecule has 1 aromatic carbocycles. The number of aromatic nitrogens is 2. The monoisotopic (exact) mass is 214 g/mol. The Morgan fingerprint density at radius 1 is 1.31 bits per heavy atom. The summed E-state index contributed by atoms with van der Waals surface area (Å²) in [6.45, 7) is 0. The molecular weight excluding hydrogens is 203 g/mol. The molecule has 0 fully saturated rings. The molecule has 0 spiro atoms. The van der Waals surface area contributed by atoms with Gasteiger partial charge in [0.2, 0.25) is 0 Å². The minimum atomic E-state index is -0.268.